The van der Waals surface area contributed by atoms with Crippen molar-refractivity contribution in [3.63, 3.8) is 0 Å². The first-order valence-electron chi connectivity index (χ1n) is 12.8. The molecule has 0 saturated carbocycles. The SMILES string of the molecule is CC[C@H]1CCCCN1C(=O)C[C@@H](C(=O)N[C@@H](C)c1nc2c(F)cccc2[nH]1)N(CCC(C)C)[SH](=O)=O. The zero-order valence-corrected chi connectivity index (χ0v) is 22.4. The van der Waals surface area contributed by atoms with Gasteiger partial charge in [0.05, 0.1) is 18.0 Å². The minimum Gasteiger partial charge on any atom is -0.345 e. The van der Waals surface area contributed by atoms with E-state index in [1.165, 1.54) is 6.07 Å². The van der Waals surface area contributed by atoms with Crippen molar-refractivity contribution in [1.82, 2.24) is 24.5 Å². The van der Waals surface area contributed by atoms with Crippen LogP contribution in [-0.2, 0) is 20.5 Å². The van der Waals surface area contributed by atoms with Crippen molar-refractivity contribution in [2.75, 3.05) is 13.1 Å². The highest BCUT2D eigenvalue weighted by atomic mass is 32.2. The highest BCUT2D eigenvalue weighted by molar-refractivity contribution is 7.69. The largest absolute Gasteiger partial charge is 0.345 e. The van der Waals surface area contributed by atoms with E-state index in [1.54, 1.807) is 24.0 Å². The van der Waals surface area contributed by atoms with Crippen molar-refractivity contribution < 1.29 is 22.4 Å². The first-order valence-corrected chi connectivity index (χ1v) is 13.9. The Hall–Kier alpha value is -2.53. The van der Waals surface area contributed by atoms with Gasteiger partial charge in [0, 0.05) is 19.1 Å². The van der Waals surface area contributed by atoms with Gasteiger partial charge in [0.1, 0.15) is 17.4 Å². The van der Waals surface area contributed by atoms with Gasteiger partial charge in [-0.3, -0.25) is 9.59 Å². The van der Waals surface area contributed by atoms with Crippen LogP contribution in [0.15, 0.2) is 18.2 Å². The number of benzene rings is 1. The molecule has 2 N–H and O–H groups in total. The Kier molecular flexibility index (Phi) is 9.84. The van der Waals surface area contributed by atoms with E-state index in [1.807, 2.05) is 20.8 Å². The monoisotopic (exact) mass is 523 g/mol. The molecule has 0 unspecified atom stereocenters. The Morgan fingerprint density at radius 1 is 1.28 bits per heavy atom. The first-order chi connectivity index (χ1) is 17.1. The van der Waals surface area contributed by atoms with Crippen LogP contribution in [0.4, 0.5) is 4.39 Å². The molecule has 200 valence electrons. The Morgan fingerprint density at radius 2 is 2.03 bits per heavy atom. The predicted molar refractivity (Wildman–Crippen MR) is 137 cm³/mol. The molecule has 1 aliphatic heterocycles. The lowest BCUT2D eigenvalue weighted by atomic mass is 9.98. The number of imidazole rings is 1. The van der Waals surface area contributed by atoms with E-state index in [2.05, 4.69) is 15.3 Å². The Labute approximate surface area is 213 Å². The molecular formula is C25H38FN5O4S. The van der Waals surface area contributed by atoms with Gasteiger partial charge in [-0.05, 0) is 57.1 Å². The number of rotatable bonds is 11. The standard InChI is InChI=1S/C25H38FN5O4S/c1-5-18-9-6-7-13-30(18)22(32)15-21(31(36(34)35)14-12-16(2)3)25(33)27-17(4)24-28-20-11-8-10-19(26)23(20)29-24/h8,10-11,16-18,21,36H,5-7,9,12-15H2,1-4H3,(H,27,33)(H,28,29)/t17-,18-,21-/m0/s1. The van der Waals surface area contributed by atoms with Gasteiger partial charge in [-0.1, -0.05) is 26.8 Å². The summed E-state index contributed by atoms with van der Waals surface area (Å²) in [6.45, 7) is 8.41. The smallest absolute Gasteiger partial charge is 0.239 e. The number of hydrogen-bond acceptors (Lipinski definition) is 5. The molecule has 3 atom stereocenters. The van der Waals surface area contributed by atoms with Gasteiger partial charge in [0.25, 0.3) is 0 Å². The Balaban J connectivity index is 1.84. The number of carbonyl (C=O) groups is 2. The molecule has 2 heterocycles. The molecule has 0 bridgehead atoms. The number of fused-ring (bicyclic) bond motifs is 1. The number of piperidine rings is 1. The topological polar surface area (TPSA) is 115 Å². The number of H-pyrrole nitrogens is 1. The van der Waals surface area contributed by atoms with E-state index < -0.39 is 34.7 Å². The van der Waals surface area contributed by atoms with E-state index in [4.69, 9.17) is 0 Å². The van der Waals surface area contributed by atoms with Crippen LogP contribution in [0.2, 0.25) is 0 Å². The highest BCUT2D eigenvalue weighted by Gasteiger charge is 2.35. The number of carbonyl (C=O) groups excluding carboxylic acids is 2. The van der Waals surface area contributed by atoms with E-state index in [9.17, 15) is 22.4 Å². The molecule has 0 radical (unpaired) electrons. The molecule has 9 nitrogen and oxygen atoms in total. The van der Waals surface area contributed by atoms with E-state index in [0.717, 1.165) is 30.0 Å². The second-order valence-corrected chi connectivity index (χ2v) is 10.9. The minimum absolute atomic E-state index is 0.101. The number of para-hydroxylation sites is 1. The van der Waals surface area contributed by atoms with Gasteiger partial charge in [-0.15, -0.1) is 0 Å². The highest BCUT2D eigenvalue weighted by Crippen LogP contribution is 2.23. The summed E-state index contributed by atoms with van der Waals surface area (Å²) in [7, 11) is -3.10. The van der Waals surface area contributed by atoms with E-state index in [-0.39, 0.29) is 36.3 Å². The summed E-state index contributed by atoms with van der Waals surface area (Å²) in [5.74, 6) is -0.711. The zero-order valence-electron chi connectivity index (χ0n) is 21.5. The third-order valence-corrected chi connectivity index (χ3v) is 7.74. The lowest BCUT2D eigenvalue weighted by Crippen LogP contribution is -2.52. The molecule has 1 saturated heterocycles. The number of halogens is 1. The maximum absolute atomic E-state index is 14.1. The van der Waals surface area contributed by atoms with E-state index in [0.29, 0.717) is 24.3 Å². The van der Waals surface area contributed by atoms with Crippen molar-refractivity contribution in [3.05, 3.63) is 29.8 Å². The Bertz CT molecular complexity index is 1130. The molecule has 2 aromatic rings. The molecule has 1 aromatic heterocycles. The Morgan fingerprint density at radius 3 is 2.67 bits per heavy atom. The van der Waals surface area contributed by atoms with Gasteiger partial charge in [-0.25, -0.2) is 17.8 Å². The van der Waals surface area contributed by atoms with Gasteiger partial charge in [0.15, 0.2) is 5.82 Å². The summed E-state index contributed by atoms with van der Waals surface area (Å²) in [5, 5.41) is 2.80. The third kappa shape index (κ3) is 6.82. The molecule has 3 rings (SSSR count). The van der Waals surface area contributed by atoms with Crippen LogP contribution in [0.5, 0.6) is 0 Å². The minimum atomic E-state index is -3.10. The molecule has 1 aromatic carbocycles. The van der Waals surface area contributed by atoms with Crippen molar-refractivity contribution in [2.45, 2.75) is 84.3 Å². The second kappa shape index (κ2) is 12.6. The van der Waals surface area contributed by atoms with Gasteiger partial charge < -0.3 is 15.2 Å². The lowest BCUT2D eigenvalue weighted by Gasteiger charge is -2.37. The molecule has 36 heavy (non-hydrogen) atoms. The van der Waals surface area contributed by atoms with Crippen molar-refractivity contribution in [2.24, 2.45) is 5.92 Å². The average Bonchev–Trinajstić information content (AvgIpc) is 3.29. The van der Waals surface area contributed by atoms with Crippen molar-refractivity contribution >= 4 is 33.7 Å². The van der Waals surface area contributed by atoms with Crippen LogP contribution >= 0.6 is 0 Å². The van der Waals surface area contributed by atoms with Gasteiger partial charge in [-0.2, -0.15) is 4.31 Å². The number of nitrogens with one attached hydrogen (secondary N) is 2. The van der Waals surface area contributed by atoms with Gasteiger partial charge >= 0.3 is 0 Å². The fraction of sp³-hybridized carbons (Fsp3) is 0.640. The molecule has 0 spiro atoms. The quantitative estimate of drug-likeness (QED) is 0.391. The van der Waals surface area contributed by atoms with Crippen LogP contribution in [0.25, 0.3) is 11.0 Å². The summed E-state index contributed by atoms with van der Waals surface area (Å²) >= 11 is 0. The molecule has 2 amide bonds. The summed E-state index contributed by atoms with van der Waals surface area (Å²) in [6.07, 6.45) is 3.99. The maximum atomic E-state index is 14.1. The van der Waals surface area contributed by atoms with Crippen LogP contribution < -0.4 is 5.32 Å². The molecular weight excluding hydrogens is 485 g/mol. The number of aromatic amines is 1. The van der Waals surface area contributed by atoms with Crippen LogP contribution in [0.3, 0.4) is 0 Å². The normalized spacial score (nSPS) is 18.2. The summed E-state index contributed by atoms with van der Waals surface area (Å²) in [4.78, 5) is 35.9. The molecule has 1 aliphatic rings. The summed E-state index contributed by atoms with van der Waals surface area (Å²) < 4.78 is 39.7. The number of aromatic nitrogens is 2. The second-order valence-electron chi connectivity index (χ2n) is 9.94. The number of hydrogen-bond donors (Lipinski definition) is 3. The summed E-state index contributed by atoms with van der Waals surface area (Å²) in [6, 6.07) is 2.82. The van der Waals surface area contributed by atoms with Crippen molar-refractivity contribution in [3.8, 4) is 0 Å². The third-order valence-electron chi connectivity index (χ3n) is 6.85. The fourth-order valence-corrected chi connectivity index (χ4v) is 5.40. The zero-order chi connectivity index (χ0) is 26.4. The number of amides is 2. The van der Waals surface area contributed by atoms with Crippen LogP contribution in [0.1, 0.15) is 78.1 Å². The molecule has 1 fully saturated rings. The fourth-order valence-electron chi connectivity index (χ4n) is 4.71. The number of thiol groups is 1. The first kappa shape index (κ1) is 28.0. The van der Waals surface area contributed by atoms with Crippen molar-refractivity contribution in [1.29, 1.82) is 0 Å². The predicted octanol–water partition coefficient (Wildman–Crippen LogP) is 3.30. The number of nitrogens with zero attached hydrogens (tertiary/aromatic N) is 3. The average molecular weight is 524 g/mol. The molecule has 11 heteroatoms. The summed E-state index contributed by atoms with van der Waals surface area (Å²) in [5.41, 5.74) is 0.659. The van der Waals surface area contributed by atoms with Crippen LogP contribution in [-0.4, -0.2) is 64.6 Å². The van der Waals surface area contributed by atoms with E-state index >= 15 is 0 Å². The lowest BCUT2D eigenvalue weighted by molar-refractivity contribution is -0.139. The molecule has 0 aliphatic carbocycles. The maximum Gasteiger partial charge on any atom is 0.239 e. The van der Waals surface area contributed by atoms with Crippen LogP contribution in [0, 0.1) is 11.7 Å². The number of likely N-dealkylation sites (tertiary alicyclic amines) is 1. The van der Waals surface area contributed by atoms with Gasteiger partial charge in [0.2, 0.25) is 22.7 Å².